The van der Waals surface area contributed by atoms with Gasteiger partial charge in [-0.2, -0.15) is 0 Å². The fourth-order valence-corrected chi connectivity index (χ4v) is 3.54. The largest absolute Gasteiger partial charge is 0.480 e. The Kier molecular flexibility index (Phi) is 5.50. The molecule has 2 heterocycles. The average Bonchev–Trinajstić information content (AvgIpc) is 2.66. The number of hydrazine groups is 1. The van der Waals surface area contributed by atoms with Gasteiger partial charge in [0.1, 0.15) is 6.04 Å². The predicted molar refractivity (Wildman–Crippen MR) is 98.5 cm³/mol. The Morgan fingerprint density at radius 1 is 1.22 bits per heavy atom. The summed E-state index contributed by atoms with van der Waals surface area (Å²) in [5.74, 6) is -2.76. The normalized spacial score (nSPS) is 22.2. The zero-order valence-electron chi connectivity index (χ0n) is 14.5. The molecular weight excluding hydrogens is 370 g/mol. The minimum absolute atomic E-state index is 0.0947. The van der Waals surface area contributed by atoms with Gasteiger partial charge >= 0.3 is 5.97 Å². The summed E-state index contributed by atoms with van der Waals surface area (Å²) in [4.78, 5) is 49.0. The average molecular weight is 389 g/mol. The van der Waals surface area contributed by atoms with Gasteiger partial charge in [0, 0.05) is 13.0 Å². The number of carbonyl (C=O) groups is 4. The van der Waals surface area contributed by atoms with Gasteiger partial charge in [0.05, 0.1) is 11.3 Å². The number of carboxylic acids is 1. The van der Waals surface area contributed by atoms with E-state index in [2.05, 4.69) is 5.32 Å². The van der Waals surface area contributed by atoms with Crippen molar-refractivity contribution in [2.45, 2.75) is 37.8 Å². The van der Waals surface area contributed by atoms with Crippen molar-refractivity contribution in [3.8, 4) is 0 Å². The summed E-state index contributed by atoms with van der Waals surface area (Å²) in [7, 11) is 0. The van der Waals surface area contributed by atoms with Crippen molar-refractivity contribution in [3.63, 3.8) is 0 Å². The molecule has 3 rings (SSSR count). The van der Waals surface area contributed by atoms with Gasteiger partial charge in [-0.15, -0.1) is 0 Å². The number of nitrogens with zero attached hydrogens (tertiary/aromatic N) is 2. The van der Waals surface area contributed by atoms with Gasteiger partial charge in [0.25, 0.3) is 11.8 Å². The molecule has 2 saturated heterocycles. The number of rotatable bonds is 5. The van der Waals surface area contributed by atoms with E-state index in [0.29, 0.717) is 13.0 Å². The van der Waals surface area contributed by atoms with Crippen molar-refractivity contribution in [2.75, 3.05) is 6.54 Å². The number of hydrogen-bond donors (Lipinski definition) is 2. The maximum Gasteiger partial charge on any atom is 0.328 e. The summed E-state index contributed by atoms with van der Waals surface area (Å²) < 4.78 is 0. The molecule has 2 fully saturated rings. The minimum Gasteiger partial charge on any atom is -0.480 e. The van der Waals surface area contributed by atoms with E-state index in [0.717, 1.165) is 10.6 Å². The summed E-state index contributed by atoms with van der Waals surface area (Å²) >= 11 is 5.15. The monoisotopic (exact) mass is 389 g/mol. The molecule has 9 heteroatoms. The summed E-state index contributed by atoms with van der Waals surface area (Å²) in [6, 6.07) is 6.95. The third kappa shape index (κ3) is 3.97. The maximum absolute atomic E-state index is 12.7. The van der Waals surface area contributed by atoms with Crippen molar-refractivity contribution in [1.82, 2.24) is 15.3 Å². The second kappa shape index (κ2) is 7.83. The molecule has 3 amide bonds. The summed E-state index contributed by atoms with van der Waals surface area (Å²) in [6.45, 7) is 0.293. The van der Waals surface area contributed by atoms with Crippen LogP contribution in [0.3, 0.4) is 0 Å². The lowest BCUT2D eigenvalue weighted by atomic mass is 10.0. The molecule has 142 valence electrons. The molecule has 0 radical (unpaired) electrons. The predicted octanol–water partition coefficient (Wildman–Crippen LogP) is 0.307. The minimum atomic E-state index is -1.17. The molecule has 27 heavy (non-hydrogen) atoms. The lowest BCUT2D eigenvalue weighted by molar-refractivity contribution is -0.190. The van der Waals surface area contributed by atoms with Crippen LogP contribution in [0.2, 0.25) is 0 Å². The SMILES string of the molecule is O=C(NC1CC(=O)N2CCC[C@@H](C(=O)O)N2C1=O)C(=S)Cc1ccccc1. The first-order valence-electron chi connectivity index (χ1n) is 8.62. The highest BCUT2D eigenvalue weighted by molar-refractivity contribution is 7.82. The van der Waals surface area contributed by atoms with Crippen molar-refractivity contribution >= 4 is 40.8 Å². The number of hydrogen-bond acceptors (Lipinski definition) is 5. The van der Waals surface area contributed by atoms with Crippen LogP contribution >= 0.6 is 12.2 Å². The molecule has 0 bridgehead atoms. The van der Waals surface area contributed by atoms with E-state index in [9.17, 15) is 24.3 Å². The highest BCUT2D eigenvalue weighted by Crippen LogP contribution is 2.25. The number of carboxylic acid groups (broad SMARTS) is 1. The van der Waals surface area contributed by atoms with Crippen molar-refractivity contribution in [1.29, 1.82) is 0 Å². The lowest BCUT2D eigenvalue weighted by Crippen LogP contribution is -2.68. The number of aliphatic carboxylic acids is 1. The number of thiocarbonyl (C=S) groups is 1. The standard InChI is InChI=1S/C18H19N3O5S/c22-15-10-12(17(24)21-13(18(25)26)7-4-8-20(15)21)19-16(23)14(27)9-11-5-2-1-3-6-11/h1-3,5-6,12-13H,4,7-10H2,(H,19,23)(H,25,26)/t12?,13-/m0/s1. The highest BCUT2D eigenvalue weighted by atomic mass is 32.1. The molecular formula is C18H19N3O5S. The first kappa shape index (κ1) is 19.0. The third-order valence-electron chi connectivity index (χ3n) is 4.64. The van der Waals surface area contributed by atoms with Crippen LogP contribution in [-0.2, 0) is 25.6 Å². The van der Waals surface area contributed by atoms with Gasteiger partial charge in [-0.25, -0.2) is 9.80 Å². The van der Waals surface area contributed by atoms with E-state index in [1.54, 1.807) is 0 Å². The molecule has 1 aromatic rings. The Labute approximate surface area is 161 Å². The third-order valence-corrected chi connectivity index (χ3v) is 4.97. The van der Waals surface area contributed by atoms with Gasteiger partial charge in [0.2, 0.25) is 5.91 Å². The molecule has 2 aliphatic rings. The Hall–Kier alpha value is -2.81. The lowest BCUT2D eigenvalue weighted by Gasteiger charge is -2.46. The fraction of sp³-hybridized carbons (Fsp3) is 0.389. The van der Waals surface area contributed by atoms with Crippen LogP contribution in [0.1, 0.15) is 24.8 Å². The van der Waals surface area contributed by atoms with Crippen LogP contribution in [0.4, 0.5) is 0 Å². The van der Waals surface area contributed by atoms with E-state index >= 15 is 0 Å². The molecule has 2 aliphatic heterocycles. The highest BCUT2D eigenvalue weighted by Gasteiger charge is 2.47. The van der Waals surface area contributed by atoms with Crippen LogP contribution in [0.25, 0.3) is 0 Å². The first-order chi connectivity index (χ1) is 12.9. The van der Waals surface area contributed by atoms with E-state index in [1.165, 1.54) is 5.01 Å². The maximum atomic E-state index is 12.7. The summed E-state index contributed by atoms with van der Waals surface area (Å²) in [5, 5.41) is 14.0. The van der Waals surface area contributed by atoms with E-state index in [4.69, 9.17) is 12.2 Å². The van der Waals surface area contributed by atoms with Gasteiger partial charge in [-0.1, -0.05) is 42.5 Å². The van der Waals surface area contributed by atoms with Gasteiger partial charge in [0.15, 0.2) is 6.04 Å². The number of benzene rings is 1. The zero-order valence-corrected chi connectivity index (χ0v) is 15.3. The topological polar surface area (TPSA) is 107 Å². The van der Waals surface area contributed by atoms with Crippen molar-refractivity contribution in [3.05, 3.63) is 35.9 Å². The molecule has 0 aliphatic carbocycles. The Morgan fingerprint density at radius 2 is 1.93 bits per heavy atom. The van der Waals surface area contributed by atoms with Crippen LogP contribution in [0.5, 0.6) is 0 Å². The molecule has 8 nitrogen and oxygen atoms in total. The number of nitrogens with one attached hydrogen (secondary N) is 1. The number of amides is 3. The van der Waals surface area contributed by atoms with Crippen molar-refractivity contribution in [2.24, 2.45) is 0 Å². The Balaban J connectivity index is 1.70. The number of fused-ring (bicyclic) bond motifs is 1. The molecule has 1 aromatic carbocycles. The summed E-state index contributed by atoms with van der Waals surface area (Å²) in [5.41, 5.74) is 0.858. The number of carbonyl (C=O) groups excluding carboxylic acids is 3. The van der Waals surface area contributed by atoms with Crippen LogP contribution in [0.15, 0.2) is 30.3 Å². The Morgan fingerprint density at radius 3 is 2.59 bits per heavy atom. The molecule has 0 spiro atoms. The van der Waals surface area contributed by atoms with Gasteiger partial charge in [-0.3, -0.25) is 19.4 Å². The molecule has 2 atom stereocenters. The summed E-state index contributed by atoms with van der Waals surface area (Å²) in [6.07, 6.45) is 0.800. The van der Waals surface area contributed by atoms with E-state index in [1.807, 2.05) is 30.3 Å². The van der Waals surface area contributed by atoms with Crippen LogP contribution in [-0.4, -0.2) is 62.3 Å². The second-order valence-corrected chi connectivity index (χ2v) is 7.00. The molecule has 2 N–H and O–H groups in total. The van der Waals surface area contributed by atoms with Gasteiger partial charge in [-0.05, 0) is 18.4 Å². The molecule has 0 saturated carbocycles. The van der Waals surface area contributed by atoms with Crippen LogP contribution < -0.4 is 5.32 Å². The van der Waals surface area contributed by atoms with Crippen molar-refractivity contribution < 1.29 is 24.3 Å². The van der Waals surface area contributed by atoms with E-state index < -0.39 is 29.9 Å². The molecule has 0 aromatic heterocycles. The molecule has 1 unspecified atom stereocenters. The Bertz CT molecular complexity index is 791. The van der Waals surface area contributed by atoms with Crippen LogP contribution in [0, 0.1) is 0 Å². The zero-order chi connectivity index (χ0) is 19.6. The quantitative estimate of drug-likeness (QED) is 0.702. The van der Waals surface area contributed by atoms with E-state index in [-0.39, 0.29) is 30.0 Å². The second-order valence-electron chi connectivity index (χ2n) is 6.51. The van der Waals surface area contributed by atoms with Gasteiger partial charge < -0.3 is 10.4 Å². The first-order valence-corrected chi connectivity index (χ1v) is 9.03. The smallest absolute Gasteiger partial charge is 0.328 e. The fourth-order valence-electron chi connectivity index (χ4n) is 3.32.